The minimum atomic E-state index is -0.307. The van der Waals surface area contributed by atoms with E-state index in [1.165, 1.54) is 21.3 Å². The summed E-state index contributed by atoms with van der Waals surface area (Å²) in [4.78, 5) is 24.0. The Morgan fingerprint density at radius 3 is 2.08 bits per heavy atom. The third-order valence-electron chi connectivity index (χ3n) is 3.67. The lowest BCUT2D eigenvalue weighted by Crippen LogP contribution is -2.31. The van der Waals surface area contributed by atoms with E-state index in [-0.39, 0.29) is 24.8 Å². The van der Waals surface area contributed by atoms with Crippen LogP contribution in [0, 0.1) is 0 Å². The molecule has 1 rings (SSSR count). The number of hydrogen-bond donors (Lipinski definition) is 2. The Labute approximate surface area is 149 Å². The first-order chi connectivity index (χ1) is 12.1. The van der Waals surface area contributed by atoms with Gasteiger partial charge >= 0.3 is 0 Å². The van der Waals surface area contributed by atoms with Gasteiger partial charge in [-0.15, -0.1) is 0 Å². The fraction of sp³-hybridized carbons (Fsp3) is 0.556. The van der Waals surface area contributed by atoms with Gasteiger partial charge in [0, 0.05) is 25.1 Å². The van der Waals surface area contributed by atoms with Gasteiger partial charge in [-0.1, -0.05) is 19.8 Å². The van der Waals surface area contributed by atoms with Crippen LogP contribution in [-0.2, 0) is 4.79 Å². The number of benzene rings is 1. The van der Waals surface area contributed by atoms with Crippen molar-refractivity contribution in [1.29, 1.82) is 0 Å². The van der Waals surface area contributed by atoms with Crippen LogP contribution in [0.15, 0.2) is 12.1 Å². The molecule has 140 valence electrons. The zero-order valence-corrected chi connectivity index (χ0v) is 15.4. The van der Waals surface area contributed by atoms with E-state index in [0.717, 1.165) is 19.3 Å². The molecule has 7 heteroatoms. The monoisotopic (exact) mass is 352 g/mol. The van der Waals surface area contributed by atoms with Crippen LogP contribution in [-0.4, -0.2) is 46.2 Å². The summed E-state index contributed by atoms with van der Waals surface area (Å²) < 4.78 is 15.7. The molecule has 7 nitrogen and oxygen atoms in total. The molecule has 1 aromatic carbocycles. The summed E-state index contributed by atoms with van der Waals surface area (Å²) in [5.74, 6) is 0.855. The van der Waals surface area contributed by atoms with Crippen LogP contribution in [0.25, 0.3) is 0 Å². The summed E-state index contributed by atoms with van der Waals surface area (Å²) in [5, 5.41) is 5.56. The molecule has 0 fully saturated rings. The van der Waals surface area contributed by atoms with Crippen molar-refractivity contribution in [1.82, 2.24) is 10.6 Å². The van der Waals surface area contributed by atoms with Gasteiger partial charge < -0.3 is 24.8 Å². The lowest BCUT2D eigenvalue weighted by Gasteiger charge is -2.14. The van der Waals surface area contributed by atoms with E-state index in [1.807, 2.05) is 0 Å². The Morgan fingerprint density at radius 1 is 0.920 bits per heavy atom. The van der Waals surface area contributed by atoms with E-state index in [4.69, 9.17) is 14.2 Å². The van der Waals surface area contributed by atoms with Gasteiger partial charge in [0.05, 0.1) is 21.3 Å². The summed E-state index contributed by atoms with van der Waals surface area (Å²) in [6, 6.07) is 3.14. The van der Waals surface area contributed by atoms with Crippen molar-refractivity contribution >= 4 is 11.8 Å². The topological polar surface area (TPSA) is 85.9 Å². The number of hydrogen-bond acceptors (Lipinski definition) is 5. The van der Waals surface area contributed by atoms with Crippen molar-refractivity contribution in [3.63, 3.8) is 0 Å². The molecule has 0 unspecified atom stereocenters. The number of ether oxygens (including phenoxy) is 3. The van der Waals surface area contributed by atoms with Crippen molar-refractivity contribution in [3.8, 4) is 17.2 Å². The van der Waals surface area contributed by atoms with E-state index in [1.54, 1.807) is 12.1 Å². The van der Waals surface area contributed by atoms with Gasteiger partial charge in [-0.05, 0) is 18.6 Å². The lowest BCUT2D eigenvalue weighted by atomic mass is 10.1. The zero-order chi connectivity index (χ0) is 18.7. The highest BCUT2D eigenvalue weighted by Gasteiger charge is 2.16. The zero-order valence-electron chi connectivity index (χ0n) is 15.4. The molecule has 2 amide bonds. The molecule has 0 heterocycles. The molecule has 0 aliphatic rings. The van der Waals surface area contributed by atoms with Crippen LogP contribution in [0.2, 0.25) is 0 Å². The Kier molecular flexibility index (Phi) is 9.21. The predicted octanol–water partition coefficient (Wildman–Crippen LogP) is 2.14. The Bertz CT molecular complexity index is 550. The summed E-state index contributed by atoms with van der Waals surface area (Å²) >= 11 is 0. The minimum absolute atomic E-state index is 0.0682. The molecule has 0 radical (unpaired) electrons. The molecule has 0 aliphatic heterocycles. The largest absolute Gasteiger partial charge is 0.493 e. The van der Waals surface area contributed by atoms with Crippen LogP contribution in [0.5, 0.6) is 17.2 Å². The highest BCUT2D eigenvalue weighted by Crippen LogP contribution is 2.38. The highest BCUT2D eigenvalue weighted by atomic mass is 16.5. The number of amides is 2. The maximum atomic E-state index is 12.3. The average molecular weight is 352 g/mol. The van der Waals surface area contributed by atoms with Crippen LogP contribution in [0.3, 0.4) is 0 Å². The number of rotatable bonds is 11. The fourth-order valence-electron chi connectivity index (χ4n) is 2.30. The smallest absolute Gasteiger partial charge is 0.251 e. The first-order valence-corrected chi connectivity index (χ1v) is 8.42. The second kappa shape index (κ2) is 11.2. The molecular formula is C18H28N2O5. The quantitative estimate of drug-likeness (QED) is 0.596. The standard InChI is InChI=1S/C18H28N2O5/c1-5-6-7-9-19-16(21)8-10-20-18(22)13-11-14(23-2)17(25-4)15(12-13)24-3/h11-12H,5-10H2,1-4H3,(H,19,21)(H,20,22). The first kappa shape index (κ1) is 20.6. The van der Waals surface area contributed by atoms with Crippen LogP contribution in [0.1, 0.15) is 43.0 Å². The van der Waals surface area contributed by atoms with Crippen molar-refractivity contribution in [2.45, 2.75) is 32.6 Å². The van der Waals surface area contributed by atoms with E-state index in [9.17, 15) is 9.59 Å². The molecule has 2 N–H and O–H groups in total. The Balaban J connectivity index is 2.56. The third-order valence-corrected chi connectivity index (χ3v) is 3.67. The summed E-state index contributed by atoms with van der Waals surface area (Å²) in [5.41, 5.74) is 0.373. The van der Waals surface area contributed by atoms with Crippen molar-refractivity contribution in [2.24, 2.45) is 0 Å². The molecule has 0 aliphatic carbocycles. The third kappa shape index (κ3) is 6.52. The maximum absolute atomic E-state index is 12.3. The van der Waals surface area contributed by atoms with E-state index >= 15 is 0 Å². The Morgan fingerprint density at radius 2 is 1.56 bits per heavy atom. The van der Waals surface area contributed by atoms with Gasteiger partial charge in [-0.3, -0.25) is 9.59 Å². The summed E-state index contributed by atoms with van der Waals surface area (Å²) in [7, 11) is 4.48. The number of methoxy groups -OCH3 is 3. The SMILES string of the molecule is CCCCCNC(=O)CCNC(=O)c1cc(OC)c(OC)c(OC)c1. The van der Waals surface area contributed by atoms with E-state index in [2.05, 4.69) is 17.6 Å². The summed E-state index contributed by atoms with van der Waals surface area (Å²) in [6.07, 6.45) is 3.42. The van der Waals surface area contributed by atoms with Crippen molar-refractivity contribution in [3.05, 3.63) is 17.7 Å². The molecule has 0 saturated heterocycles. The molecule has 0 saturated carbocycles. The molecule has 25 heavy (non-hydrogen) atoms. The normalized spacial score (nSPS) is 10.1. The van der Waals surface area contributed by atoms with E-state index in [0.29, 0.717) is 29.4 Å². The highest BCUT2D eigenvalue weighted by molar-refractivity contribution is 5.95. The van der Waals surface area contributed by atoms with Crippen molar-refractivity contribution in [2.75, 3.05) is 34.4 Å². The molecule has 0 bridgehead atoms. The lowest BCUT2D eigenvalue weighted by molar-refractivity contribution is -0.120. The molecule has 1 aromatic rings. The second-order valence-corrected chi connectivity index (χ2v) is 5.48. The van der Waals surface area contributed by atoms with E-state index < -0.39 is 0 Å². The maximum Gasteiger partial charge on any atom is 0.251 e. The average Bonchev–Trinajstić information content (AvgIpc) is 2.63. The van der Waals surface area contributed by atoms with Gasteiger partial charge in [0.25, 0.3) is 5.91 Å². The number of unbranched alkanes of at least 4 members (excludes halogenated alkanes) is 2. The van der Waals surface area contributed by atoms with Gasteiger partial charge in [0.1, 0.15) is 0 Å². The van der Waals surface area contributed by atoms with Gasteiger partial charge in [-0.2, -0.15) is 0 Å². The molecule has 0 atom stereocenters. The van der Waals surface area contributed by atoms with Gasteiger partial charge in [0.2, 0.25) is 11.7 Å². The fourth-order valence-corrected chi connectivity index (χ4v) is 2.30. The van der Waals surface area contributed by atoms with Gasteiger partial charge in [0.15, 0.2) is 11.5 Å². The van der Waals surface area contributed by atoms with Crippen LogP contribution >= 0.6 is 0 Å². The van der Waals surface area contributed by atoms with Crippen LogP contribution in [0.4, 0.5) is 0 Å². The number of nitrogens with one attached hydrogen (secondary N) is 2. The molecule has 0 spiro atoms. The predicted molar refractivity (Wildman–Crippen MR) is 95.6 cm³/mol. The first-order valence-electron chi connectivity index (χ1n) is 8.42. The number of carbonyl (C=O) groups is 2. The molecular weight excluding hydrogens is 324 g/mol. The second-order valence-electron chi connectivity index (χ2n) is 5.48. The Hall–Kier alpha value is -2.44. The number of carbonyl (C=O) groups excluding carboxylic acids is 2. The minimum Gasteiger partial charge on any atom is -0.493 e. The van der Waals surface area contributed by atoms with Gasteiger partial charge in [-0.25, -0.2) is 0 Å². The van der Waals surface area contributed by atoms with Crippen LogP contribution < -0.4 is 24.8 Å². The summed E-state index contributed by atoms with van der Waals surface area (Å²) in [6.45, 7) is 3.04. The molecule has 0 aromatic heterocycles. The van der Waals surface area contributed by atoms with Crippen molar-refractivity contribution < 1.29 is 23.8 Å².